The molecule has 1 aliphatic carbocycles. The van der Waals surface area contributed by atoms with E-state index in [0.717, 1.165) is 18.1 Å². The van der Waals surface area contributed by atoms with E-state index in [1.807, 2.05) is 30.3 Å². The summed E-state index contributed by atoms with van der Waals surface area (Å²) in [5, 5.41) is 0. The number of hydrogen-bond donors (Lipinski definition) is 1. The van der Waals surface area contributed by atoms with Crippen molar-refractivity contribution in [2.24, 2.45) is 5.73 Å². The molecule has 2 N–H and O–H groups in total. The van der Waals surface area contributed by atoms with Gasteiger partial charge in [-0.25, -0.2) is 8.78 Å². The molecule has 2 atom stereocenters. The highest BCUT2D eigenvalue weighted by atomic mass is 19.1. The largest absolute Gasteiger partial charge is 0.486 e. The van der Waals surface area contributed by atoms with Gasteiger partial charge in [-0.05, 0) is 18.1 Å². The van der Waals surface area contributed by atoms with Gasteiger partial charge < -0.3 is 10.5 Å². The zero-order valence-corrected chi connectivity index (χ0v) is 10.9. The first kappa shape index (κ1) is 15.4. The molecule has 2 aromatic rings. The summed E-state index contributed by atoms with van der Waals surface area (Å²) in [6.45, 7) is 0.248. The maximum Gasteiger partial charge on any atom is 0.168 e. The molecule has 2 aromatic carbocycles. The number of hydrogen-bond acceptors (Lipinski definition) is 2. The van der Waals surface area contributed by atoms with Crippen LogP contribution >= 0.6 is 0 Å². The fourth-order valence-electron chi connectivity index (χ4n) is 2.31. The van der Waals surface area contributed by atoms with Gasteiger partial charge in [0.1, 0.15) is 12.4 Å². The highest BCUT2D eigenvalue weighted by Crippen LogP contribution is 2.44. The minimum Gasteiger partial charge on any atom is -0.486 e. The monoisotopic (exact) mass is 291 g/mol. The van der Waals surface area contributed by atoms with E-state index < -0.39 is 11.6 Å². The Kier molecular flexibility index (Phi) is 4.58. The second kappa shape index (κ2) is 6.22. The summed E-state index contributed by atoms with van der Waals surface area (Å²) in [4.78, 5) is 0. The van der Waals surface area contributed by atoms with Crippen LogP contribution in [0.15, 0.2) is 42.5 Å². The summed E-state index contributed by atoms with van der Waals surface area (Å²) >= 11 is 0. The number of benzene rings is 2. The molecule has 1 saturated carbocycles. The summed E-state index contributed by atoms with van der Waals surface area (Å²) < 4.78 is 32.8. The van der Waals surface area contributed by atoms with Gasteiger partial charge in [-0.15, -0.1) is 0 Å². The van der Waals surface area contributed by atoms with Crippen molar-refractivity contribution < 1.29 is 13.5 Å². The van der Waals surface area contributed by atoms with Crippen LogP contribution in [0.2, 0.25) is 0 Å². The maximum absolute atomic E-state index is 13.9. The normalized spacial score (nSPS) is 19.8. The maximum atomic E-state index is 13.9. The van der Waals surface area contributed by atoms with Crippen LogP contribution in [0.5, 0.6) is 5.75 Å². The number of nitrogens with two attached hydrogens (primary N) is 1. The standard InChI is InChI=1S/C16H15F2NO.CH4/c17-11-6-13(12-8-15(12)19)16(14(18)7-11)20-9-10-4-2-1-3-5-10;/h1-7,12,15H,8-9,19H2;1H4/t12-,15+;/m0./s1. The summed E-state index contributed by atoms with van der Waals surface area (Å²) in [5.41, 5.74) is 7.24. The van der Waals surface area contributed by atoms with Gasteiger partial charge >= 0.3 is 0 Å². The summed E-state index contributed by atoms with van der Waals surface area (Å²) in [7, 11) is 0. The van der Waals surface area contributed by atoms with Crippen LogP contribution in [-0.2, 0) is 6.61 Å². The SMILES string of the molecule is C.N[C@@H]1C[C@H]1c1cc(F)cc(F)c1OCc1ccccc1. The van der Waals surface area contributed by atoms with Crippen LogP contribution in [0.25, 0.3) is 0 Å². The van der Waals surface area contributed by atoms with Crippen molar-refractivity contribution in [1.29, 1.82) is 0 Å². The molecule has 4 heteroatoms. The van der Waals surface area contributed by atoms with E-state index in [1.54, 1.807) is 0 Å². The van der Waals surface area contributed by atoms with E-state index in [0.29, 0.717) is 5.56 Å². The first-order valence-corrected chi connectivity index (χ1v) is 6.56. The van der Waals surface area contributed by atoms with Crippen molar-refractivity contribution in [1.82, 2.24) is 0 Å². The lowest BCUT2D eigenvalue weighted by molar-refractivity contribution is 0.285. The van der Waals surface area contributed by atoms with Gasteiger partial charge in [-0.2, -0.15) is 0 Å². The molecule has 112 valence electrons. The second-order valence-corrected chi connectivity index (χ2v) is 5.09. The Morgan fingerprint density at radius 2 is 1.81 bits per heavy atom. The second-order valence-electron chi connectivity index (χ2n) is 5.09. The fourth-order valence-corrected chi connectivity index (χ4v) is 2.31. The Labute approximate surface area is 123 Å². The van der Waals surface area contributed by atoms with Crippen molar-refractivity contribution in [3.63, 3.8) is 0 Å². The lowest BCUT2D eigenvalue weighted by Crippen LogP contribution is -2.05. The number of rotatable bonds is 4. The van der Waals surface area contributed by atoms with Crippen LogP contribution in [0.3, 0.4) is 0 Å². The third-order valence-electron chi connectivity index (χ3n) is 3.50. The molecule has 0 bridgehead atoms. The van der Waals surface area contributed by atoms with Crippen LogP contribution in [0.4, 0.5) is 8.78 Å². The third kappa shape index (κ3) is 3.39. The van der Waals surface area contributed by atoms with Crippen molar-refractivity contribution >= 4 is 0 Å². The molecule has 0 spiro atoms. The van der Waals surface area contributed by atoms with E-state index in [4.69, 9.17) is 10.5 Å². The Morgan fingerprint density at radius 1 is 1.14 bits per heavy atom. The molecule has 0 amide bonds. The Balaban J connectivity index is 0.00000161. The fraction of sp³-hybridized carbons (Fsp3) is 0.294. The lowest BCUT2D eigenvalue weighted by atomic mass is 10.1. The van der Waals surface area contributed by atoms with Crippen LogP contribution in [0.1, 0.15) is 30.9 Å². The van der Waals surface area contributed by atoms with Crippen molar-refractivity contribution in [3.8, 4) is 5.75 Å². The van der Waals surface area contributed by atoms with Crippen LogP contribution < -0.4 is 10.5 Å². The van der Waals surface area contributed by atoms with E-state index in [9.17, 15) is 8.78 Å². The minimum absolute atomic E-state index is 0. The molecule has 2 nitrogen and oxygen atoms in total. The van der Waals surface area contributed by atoms with Gasteiger partial charge in [0.05, 0.1) is 0 Å². The molecule has 0 saturated heterocycles. The Bertz CT molecular complexity index is 616. The summed E-state index contributed by atoms with van der Waals surface area (Å²) in [6.07, 6.45) is 0.741. The topological polar surface area (TPSA) is 35.2 Å². The van der Waals surface area contributed by atoms with Gasteiger partial charge in [0.25, 0.3) is 0 Å². The van der Waals surface area contributed by atoms with Crippen LogP contribution in [0, 0.1) is 11.6 Å². The predicted octanol–water partition coefficient (Wildman–Crippen LogP) is 3.99. The first-order chi connectivity index (χ1) is 9.65. The molecule has 0 aliphatic heterocycles. The lowest BCUT2D eigenvalue weighted by Gasteiger charge is -2.12. The van der Waals surface area contributed by atoms with Gasteiger partial charge in [0.15, 0.2) is 11.6 Å². The van der Waals surface area contributed by atoms with Gasteiger partial charge in [-0.3, -0.25) is 0 Å². The van der Waals surface area contributed by atoms with E-state index in [2.05, 4.69) is 0 Å². The highest BCUT2D eigenvalue weighted by Gasteiger charge is 2.38. The predicted molar refractivity (Wildman–Crippen MR) is 79.2 cm³/mol. The van der Waals surface area contributed by atoms with Crippen molar-refractivity contribution in [2.45, 2.75) is 32.4 Å². The van der Waals surface area contributed by atoms with Crippen molar-refractivity contribution in [2.75, 3.05) is 0 Å². The molecule has 3 rings (SSSR count). The van der Waals surface area contributed by atoms with Crippen LogP contribution in [-0.4, -0.2) is 6.04 Å². The Hall–Kier alpha value is -1.94. The Morgan fingerprint density at radius 3 is 2.43 bits per heavy atom. The summed E-state index contributed by atoms with van der Waals surface area (Å²) in [5.74, 6) is -1.15. The van der Waals surface area contributed by atoms with E-state index in [-0.39, 0.29) is 31.7 Å². The molecule has 1 aliphatic rings. The third-order valence-corrected chi connectivity index (χ3v) is 3.50. The zero-order chi connectivity index (χ0) is 14.1. The van der Waals surface area contributed by atoms with Gasteiger partial charge in [-0.1, -0.05) is 37.8 Å². The molecular weight excluding hydrogens is 272 g/mol. The molecule has 21 heavy (non-hydrogen) atoms. The minimum atomic E-state index is -0.671. The van der Waals surface area contributed by atoms with Gasteiger partial charge in [0, 0.05) is 23.6 Å². The molecule has 0 radical (unpaired) electrons. The molecule has 0 unspecified atom stereocenters. The highest BCUT2D eigenvalue weighted by molar-refractivity contribution is 5.42. The quantitative estimate of drug-likeness (QED) is 0.924. The summed E-state index contributed by atoms with van der Waals surface area (Å²) in [6, 6.07) is 11.6. The smallest absolute Gasteiger partial charge is 0.168 e. The molecular formula is C17H19F2NO. The average molecular weight is 291 g/mol. The molecule has 1 fully saturated rings. The molecule has 0 heterocycles. The first-order valence-electron chi connectivity index (χ1n) is 6.56. The number of halogens is 2. The average Bonchev–Trinajstić information content (AvgIpc) is 3.15. The van der Waals surface area contributed by atoms with E-state index in [1.165, 1.54) is 6.07 Å². The zero-order valence-electron chi connectivity index (χ0n) is 10.9. The van der Waals surface area contributed by atoms with Crippen molar-refractivity contribution in [3.05, 3.63) is 65.2 Å². The number of ether oxygens (including phenoxy) is 1. The van der Waals surface area contributed by atoms with E-state index >= 15 is 0 Å². The van der Waals surface area contributed by atoms with Gasteiger partial charge in [0.2, 0.25) is 0 Å². The molecule has 0 aromatic heterocycles.